The summed E-state index contributed by atoms with van der Waals surface area (Å²) in [5, 5.41) is 7.60. The fourth-order valence-corrected chi connectivity index (χ4v) is 2.21. The average Bonchev–Trinajstić information content (AvgIpc) is 2.43. The van der Waals surface area contributed by atoms with E-state index in [9.17, 15) is 0 Å². The number of anilines is 1. The topological polar surface area (TPSA) is 37.0 Å². The molecule has 0 aliphatic carbocycles. The number of nitrogens with one attached hydrogen (secondary N) is 2. The van der Waals surface area contributed by atoms with E-state index in [0.29, 0.717) is 5.11 Å². The van der Waals surface area contributed by atoms with Gasteiger partial charge in [0, 0.05) is 17.8 Å². The molecule has 5 heteroatoms. The largest absolute Gasteiger partial charge is 0.362 e. The summed E-state index contributed by atoms with van der Waals surface area (Å²) in [6.07, 6.45) is 2.56. The highest BCUT2D eigenvalue weighted by atomic mass is 35.5. The lowest BCUT2D eigenvalue weighted by molar-refractivity contribution is 0.873. The molecule has 104 valence electrons. The molecule has 2 rings (SSSR count). The van der Waals surface area contributed by atoms with Gasteiger partial charge in [0.25, 0.3) is 0 Å². The molecular weight excluding hydrogens is 290 g/mol. The van der Waals surface area contributed by atoms with Crippen molar-refractivity contribution in [2.45, 2.75) is 13.3 Å². The second-order valence-corrected chi connectivity index (χ2v) is 5.21. The maximum atomic E-state index is 6.10. The second-order valence-electron chi connectivity index (χ2n) is 4.39. The number of aryl methyl sites for hydroxylation is 1. The highest BCUT2D eigenvalue weighted by molar-refractivity contribution is 7.80. The first-order valence-corrected chi connectivity index (χ1v) is 7.15. The Kier molecular flexibility index (Phi) is 5.32. The number of hydrogen-bond donors (Lipinski definition) is 2. The highest BCUT2D eigenvalue weighted by Crippen LogP contribution is 2.14. The lowest BCUT2D eigenvalue weighted by atomic mass is 10.1. The Labute approximate surface area is 129 Å². The quantitative estimate of drug-likeness (QED) is 0.847. The Morgan fingerprint density at radius 2 is 2.05 bits per heavy atom. The Balaban J connectivity index is 1.82. The molecule has 2 N–H and O–H groups in total. The summed E-state index contributed by atoms with van der Waals surface area (Å²) in [4.78, 5) is 4.24. The Bertz CT molecular complexity index is 601. The van der Waals surface area contributed by atoms with Crippen molar-refractivity contribution in [3.8, 4) is 0 Å². The van der Waals surface area contributed by atoms with Crippen LogP contribution in [0.4, 0.5) is 5.82 Å². The third-order valence-corrected chi connectivity index (χ3v) is 3.49. The van der Waals surface area contributed by atoms with Gasteiger partial charge in [-0.05, 0) is 48.8 Å². The molecule has 0 atom stereocenters. The minimum absolute atomic E-state index is 0.568. The minimum atomic E-state index is 0.568. The molecule has 1 aromatic heterocycles. The third kappa shape index (κ3) is 4.18. The fourth-order valence-electron chi connectivity index (χ4n) is 1.78. The summed E-state index contributed by atoms with van der Waals surface area (Å²) in [5.41, 5.74) is 2.17. The van der Waals surface area contributed by atoms with Gasteiger partial charge in [0.1, 0.15) is 5.82 Å². The van der Waals surface area contributed by atoms with Crippen LogP contribution in [-0.4, -0.2) is 16.6 Å². The number of rotatable bonds is 4. The Morgan fingerprint density at radius 3 is 2.80 bits per heavy atom. The van der Waals surface area contributed by atoms with E-state index >= 15 is 0 Å². The number of pyridine rings is 1. The lowest BCUT2D eigenvalue weighted by Crippen LogP contribution is -2.30. The zero-order valence-electron chi connectivity index (χ0n) is 11.2. The van der Waals surface area contributed by atoms with Gasteiger partial charge in [-0.2, -0.15) is 0 Å². The van der Waals surface area contributed by atoms with Crippen LogP contribution in [0.5, 0.6) is 0 Å². The second kappa shape index (κ2) is 7.22. The molecule has 3 nitrogen and oxygen atoms in total. The van der Waals surface area contributed by atoms with Crippen LogP contribution in [0, 0.1) is 6.92 Å². The summed E-state index contributed by atoms with van der Waals surface area (Å²) < 4.78 is 0. The monoisotopic (exact) mass is 305 g/mol. The molecule has 1 aromatic carbocycles. The predicted molar refractivity (Wildman–Crippen MR) is 88.4 cm³/mol. The zero-order chi connectivity index (χ0) is 14.4. The van der Waals surface area contributed by atoms with Crippen molar-refractivity contribution in [1.29, 1.82) is 0 Å². The fraction of sp³-hybridized carbons (Fsp3) is 0.200. The van der Waals surface area contributed by atoms with E-state index in [1.165, 1.54) is 0 Å². The number of nitrogens with zero attached hydrogens (tertiary/aromatic N) is 1. The number of halogens is 1. The van der Waals surface area contributed by atoms with E-state index in [2.05, 4.69) is 15.6 Å². The first kappa shape index (κ1) is 14.8. The summed E-state index contributed by atoms with van der Waals surface area (Å²) >= 11 is 11.4. The molecule has 0 saturated carbocycles. The third-order valence-electron chi connectivity index (χ3n) is 2.88. The molecule has 0 bridgehead atoms. The van der Waals surface area contributed by atoms with E-state index in [1.807, 2.05) is 43.3 Å². The van der Waals surface area contributed by atoms with Crippen molar-refractivity contribution in [2.24, 2.45) is 0 Å². The van der Waals surface area contributed by atoms with Gasteiger partial charge in [-0.25, -0.2) is 4.98 Å². The molecule has 20 heavy (non-hydrogen) atoms. The molecule has 1 heterocycles. The molecule has 0 aliphatic heterocycles. The predicted octanol–water partition coefficient (Wildman–Crippen LogP) is 3.57. The zero-order valence-corrected chi connectivity index (χ0v) is 12.8. The van der Waals surface area contributed by atoms with Crippen LogP contribution in [-0.2, 0) is 6.42 Å². The number of benzene rings is 1. The van der Waals surface area contributed by atoms with E-state index in [4.69, 9.17) is 23.8 Å². The minimum Gasteiger partial charge on any atom is -0.362 e. The summed E-state index contributed by atoms with van der Waals surface area (Å²) in [6.45, 7) is 2.71. The van der Waals surface area contributed by atoms with Crippen molar-refractivity contribution in [2.75, 3.05) is 11.9 Å². The van der Waals surface area contributed by atoms with Gasteiger partial charge >= 0.3 is 0 Å². The molecule has 0 aliphatic rings. The van der Waals surface area contributed by atoms with Crippen LogP contribution in [0.15, 0.2) is 42.6 Å². The standard InChI is InChI=1S/C15H16ClN3S/c1-11-5-4-9-17-14(11)19-15(20)18-10-8-12-6-2-3-7-13(12)16/h2-7,9H,8,10H2,1H3,(H2,17,18,19,20). The normalized spacial score (nSPS) is 10.1. The van der Waals surface area contributed by atoms with Crippen molar-refractivity contribution in [3.63, 3.8) is 0 Å². The van der Waals surface area contributed by atoms with Crippen LogP contribution >= 0.6 is 23.8 Å². The van der Waals surface area contributed by atoms with Crippen LogP contribution < -0.4 is 10.6 Å². The van der Waals surface area contributed by atoms with Crippen LogP contribution in [0.2, 0.25) is 5.02 Å². The van der Waals surface area contributed by atoms with Crippen molar-refractivity contribution in [3.05, 3.63) is 58.7 Å². The van der Waals surface area contributed by atoms with Crippen LogP contribution in [0.1, 0.15) is 11.1 Å². The van der Waals surface area contributed by atoms with E-state index in [1.54, 1.807) is 6.20 Å². The lowest BCUT2D eigenvalue weighted by Gasteiger charge is -2.11. The van der Waals surface area contributed by atoms with E-state index in [0.717, 1.165) is 34.9 Å². The van der Waals surface area contributed by atoms with Gasteiger partial charge in [0.05, 0.1) is 0 Å². The van der Waals surface area contributed by atoms with Crippen molar-refractivity contribution >= 4 is 34.7 Å². The SMILES string of the molecule is Cc1cccnc1NC(=S)NCCc1ccccc1Cl. The first-order chi connectivity index (χ1) is 9.66. The van der Waals surface area contributed by atoms with Gasteiger partial charge in [-0.3, -0.25) is 0 Å². The summed E-state index contributed by atoms with van der Waals surface area (Å²) in [6, 6.07) is 11.7. The average molecular weight is 306 g/mol. The summed E-state index contributed by atoms with van der Waals surface area (Å²) in [7, 11) is 0. The molecule has 0 unspecified atom stereocenters. The molecule has 0 amide bonds. The smallest absolute Gasteiger partial charge is 0.171 e. The first-order valence-electron chi connectivity index (χ1n) is 6.36. The van der Waals surface area contributed by atoms with Gasteiger partial charge in [0.2, 0.25) is 0 Å². The number of thiocarbonyl (C=S) groups is 1. The summed E-state index contributed by atoms with van der Waals surface area (Å²) in [5.74, 6) is 0.780. The van der Waals surface area contributed by atoms with E-state index in [-0.39, 0.29) is 0 Å². The Morgan fingerprint density at radius 1 is 1.25 bits per heavy atom. The van der Waals surface area contributed by atoms with Crippen molar-refractivity contribution < 1.29 is 0 Å². The molecule has 2 aromatic rings. The maximum absolute atomic E-state index is 6.10. The Hall–Kier alpha value is -1.65. The molecule has 0 fully saturated rings. The van der Waals surface area contributed by atoms with Crippen molar-refractivity contribution in [1.82, 2.24) is 10.3 Å². The highest BCUT2D eigenvalue weighted by Gasteiger charge is 2.02. The number of hydrogen-bond acceptors (Lipinski definition) is 2. The van der Waals surface area contributed by atoms with E-state index < -0.39 is 0 Å². The van der Waals surface area contributed by atoms with Crippen LogP contribution in [0.3, 0.4) is 0 Å². The van der Waals surface area contributed by atoms with Gasteiger partial charge in [0.15, 0.2) is 5.11 Å². The van der Waals surface area contributed by atoms with Gasteiger partial charge < -0.3 is 10.6 Å². The van der Waals surface area contributed by atoms with Crippen LogP contribution in [0.25, 0.3) is 0 Å². The van der Waals surface area contributed by atoms with Gasteiger partial charge in [-0.1, -0.05) is 35.9 Å². The van der Waals surface area contributed by atoms with Gasteiger partial charge in [-0.15, -0.1) is 0 Å². The molecule has 0 spiro atoms. The molecule has 0 saturated heterocycles. The number of aromatic nitrogens is 1. The molecular formula is C15H16ClN3S. The molecule has 0 radical (unpaired) electrons. The maximum Gasteiger partial charge on any atom is 0.171 e.